The summed E-state index contributed by atoms with van der Waals surface area (Å²) in [5.41, 5.74) is 0.447. The van der Waals surface area contributed by atoms with Gasteiger partial charge in [-0.1, -0.05) is 20.8 Å². The van der Waals surface area contributed by atoms with Crippen LogP contribution >= 0.6 is 0 Å². The van der Waals surface area contributed by atoms with Crippen molar-refractivity contribution in [3.63, 3.8) is 0 Å². The van der Waals surface area contributed by atoms with Gasteiger partial charge in [0.15, 0.2) is 5.78 Å². The second kappa shape index (κ2) is 7.42. The van der Waals surface area contributed by atoms with Crippen LogP contribution in [0.5, 0.6) is 0 Å². The fourth-order valence-corrected chi connectivity index (χ4v) is 9.25. The number of Topliss-reactive ketones (excluding diaryl/α,β-unsaturated/α-hetero) is 1. The number of nitrogens with zero attached hydrogens (tertiary/aromatic N) is 3. The molecule has 5 nitrogen and oxygen atoms in total. The van der Waals surface area contributed by atoms with Crippen LogP contribution < -0.4 is 0 Å². The molecule has 0 aliphatic heterocycles. The first-order valence-corrected chi connectivity index (χ1v) is 12.7. The average molecular weight is 438 g/mol. The van der Waals surface area contributed by atoms with Crippen molar-refractivity contribution in [2.75, 3.05) is 0 Å². The van der Waals surface area contributed by atoms with Crippen LogP contribution in [0.2, 0.25) is 0 Å². The van der Waals surface area contributed by atoms with Gasteiger partial charge in [0.2, 0.25) is 0 Å². The third-order valence-electron chi connectivity index (χ3n) is 10.7. The Morgan fingerprint density at radius 1 is 1.19 bits per heavy atom. The first-order valence-electron chi connectivity index (χ1n) is 12.7. The Kier molecular flexibility index (Phi) is 5.13. The zero-order valence-electron chi connectivity index (χ0n) is 20.2. The van der Waals surface area contributed by atoms with E-state index >= 15 is 0 Å². The Morgan fingerprint density at radius 3 is 2.69 bits per heavy atom. The summed E-state index contributed by atoms with van der Waals surface area (Å²) in [4.78, 5) is 13.5. The van der Waals surface area contributed by atoms with E-state index in [0.717, 1.165) is 38.0 Å². The first-order chi connectivity index (χ1) is 15.1. The van der Waals surface area contributed by atoms with Crippen molar-refractivity contribution >= 4 is 5.78 Å². The summed E-state index contributed by atoms with van der Waals surface area (Å²) in [5.74, 6) is 3.50. The summed E-state index contributed by atoms with van der Waals surface area (Å²) >= 11 is 0. The van der Waals surface area contributed by atoms with Gasteiger partial charge in [-0.25, -0.2) is 0 Å². The van der Waals surface area contributed by atoms with Gasteiger partial charge in [-0.2, -0.15) is 10.4 Å². The lowest BCUT2D eigenvalue weighted by molar-refractivity contribution is -0.151. The van der Waals surface area contributed by atoms with Crippen molar-refractivity contribution in [2.45, 2.75) is 91.2 Å². The topological polar surface area (TPSA) is 78.9 Å². The maximum atomic E-state index is 13.5. The van der Waals surface area contributed by atoms with Gasteiger partial charge in [0.05, 0.1) is 23.9 Å². The summed E-state index contributed by atoms with van der Waals surface area (Å²) < 4.78 is 1.65. The van der Waals surface area contributed by atoms with E-state index in [2.05, 4.69) is 31.9 Å². The molecule has 1 aromatic heterocycles. The summed E-state index contributed by atoms with van der Waals surface area (Å²) in [6, 6.07) is 2.10. The third-order valence-corrected chi connectivity index (χ3v) is 10.7. The highest BCUT2D eigenvalue weighted by atomic mass is 16.3. The van der Waals surface area contributed by atoms with Gasteiger partial charge in [-0.15, -0.1) is 0 Å². The summed E-state index contributed by atoms with van der Waals surface area (Å²) in [5, 5.41) is 24.0. The fourth-order valence-electron chi connectivity index (χ4n) is 9.25. The molecule has 0 aromatic carbocycles. The van der Waals surface area contributed by atoms with Gasteiger partial charge >= 0.3 is 0 Å². The predicted molar refractivity (Wildman–Crippen MR) is 122 cm³/mol. The van der Waals surface area contributed by atoms with Crippen LogP contribution in [0.1, 0.15) is 84.6 Å². The molecule has 0 bridgehead atoms. The number of nitriles is 1. The van der Waals surface area contributed by atoms with Crippen molar-refractivity contribution in [3.8, 4) is 6.07 Å². The van der Waals surface area contributed by atoms with Gasteiger partial charge in [-0.3, -0.25) is 9.48 Å². The summed E-state index contributed by atoms with van der Waals surface area (Å²) in [6.45, 7) is 9.53. The molecule has 9 atom stereocenters. The summed E-state index contributed by atoms with van der Waals surface area (Å²) in [6.07, 6.45) is 12.3. The number of aromatic nitrogens is 2. The highest BCUT2D eigenvalue weighted by Crippen LogP contribution is 2.68. The van der Waals surface area contributed by atoms with Gasteiger partial charge in [0.1, 0.15) is 6.07 Å². The van der Waals surface area contributed by atoms with Gasteiger partial charge in [0.25, 0.3) is 0 Å². The van der Waals surface area contributed by atoms with E-state index in [0.29, 0.717) is 40.4 Å². The molecule has 4 fully saturated rings. The second-order valence-electron chi connectivity index (χ2n) is 12.6. The number of aliphatic hydroxyl groups is 1. The van der Waals surface area contributed by atoms with Crippen LogP contribution in [0.4, 0.5) is 0 Å². The molecule has 0 radical (unpaired) electrons. The number of ketones is 1. The van der Waals surface area contributed by atoms with Crippen molar-refractivity contribution < 1.29 is 9.90 Å². The van der Waals surface area contributed by atoms with Crippen molar-refractivity contribution in [3.05, 3.63) is 18.0 Å². The normalized spacial score (nSPS) is 47.8. The molecule has 0 saturated heterocycles. The molecule has 0 amide bonds. The van der Waals surface area contributed by atoms with E-state index < -0.39 is 5.60 Å². The maximum absolute atomic E-state index is 13.5. The minimum atomic E-state index is -0.489. The number of rotatable bonds is 3. The molecule has 1 unspecified atom stereocenters. The quantitative estimate of drug-likeness (QED) is 0.723. The van der Waals surface area contributed by atoms with Gasteiger partial charge < -0.3 is 5.11 Å². The molecule has 174 valence electrons. The zero-order valence-corrected chi connectivity index (χ0v) is 20.2. The van der Waals surface area contributed by atoms with Crippen molar-refractivity contribution in [1.82, 2.24) is 9.78 Å². The van der Waals surface area contributed by atoms with Crippen molar-refractivity contribution in [2.24, 2.45) is 46.3 Å². The van der Waals surface area contributed by atoms with E-state index in [1.165, 1.54) is 19.3 Å². The third kappa shape index (κ3) is 3.28. The molecule has 1 aromatic rings. The second-order valence-corrected chi connectivity index (χ2v) is 12.6. The molecule has 1 heterocycles. The monoisotopic (exact) mass is 437 g/mol. The van der Waals surface area contributed by atoms with Gasteiger partial charge in [0, 0.05) is 12.1 Å². The van der Waals surface area contributed by atoms with Crippen LogP contribution in [0.25, 0.3) is 0 Å². The lowest BCUT2D eigenvalue weighted by Crippen LogP contribution is -2.55. The Hall–Kier alpha value is -1.67. The Labute approximate surface area is 192 Å². The minimum absolute atomic E-state index is 0.0756. The van der Waals surface area contributed by atoms with Crippen LogP contribution in [0.3, 0.4) is 0 Å². The number of hydrogen-bond donors (Lipinski definition) is 1. The molecule has 5 rings (SSSR count). The van der Waals surface area contributed by atoms with Crippen LogP contribution in [0.15, 0.2) is 12.4 Å². The Balaban J connectivity index is 1.37. The molecule has 5 heteroatoms. The SMILES string of the molecule is C[C@@H]1C[C@H]2[C@@H]3CC[C@@H]4C[C@](C)(O)CC[C@]4(C)[C@H]3CC[C@]2(C)C1C(=O)Cn1cc(C#N)cn1. The van der Waals surface area contributed by atoms with Gasteiger partial charge in [-0.05, 0) is 98.7 Å². The molecule has 0 spiro atoms. The number of hydrogen-bond acceptors (Lipinski definition) is 4. The number of carbonyl (C=O) groups excluding carboxylic acids is 1. The average Bonchev–Trinajstić information content (AvgIpc) is 3.28. The highest BCUT2D eigenvalue weighted by molar-refractivity contribution is 5.82. The first kappa shape index (κ1) is 22.1. The smallest absolute Gasteiger partial charge is 0.158 e. The number of carbonyl (C=O) groups is 1. The molecule has 4 saturated carbocycles. The van der Waals surface area contributed by atoms with Crippen LogP contribution in [-0.2, 0) is 11.3 Å². The standard InChI is InChI=1S/C27H39N3O2/c1-17-11-22-20-6-5-19-12-25(2,32)9-10-26(19,3)21(20)7-8-27(22,4)24(17)23(31)16-30-15-18(13-28)14-29-30/h14-15,17,19-22,24,32H,5-12,16H2,1-4H3/t17-,19-,20-,21+,22+,24?,25-,26+,27+/m1/s1. The molecular weight excluding hydrogens is 398 g/mol. The maximum Gasteiger partial charge on any atom is 0.158 e. The lowest BCUT2D eigenvalue weighted by Gasteiger charge is -2.61. The zero-order chi connectivity index (χ0) is 22.9. The van der Waals surface area contributed by atoms with Crippen LogP contribution in [0, 0.1) is 57.7 Å². The van der Waals surface area contributed by atoms with Crippen LogP contribution in [-0.4, -0.2) is 26.3 Å². The fraction of sp³-hybridized carbons (Fsp3) is 0.815. The van der Waals surface area contributed by atoms with E-state index in [1.54, 1.807) is 17.1 Å². The van der Waals surface area contributed by atoms with E-state index in [9.17, 15) is 9.90 Å². The number of fused-ring (bicyclic) bond motifs is 5. The summed E-state index contributed by atoms with van der Waals surface area (Å²) in [7, 11) is 0. The Bertz CT molecular complexity index is 945. The molecular formula is C27H39N3O2. The molecule has 1 N–H and O–H groups in total. The van der Waals surface area contributed by atoms with E-state index in [1.807, 2.05) is 6.92 Å². The predicted octanol–water partition coefficient (Wildman–Crippen LogP) is 4.98. The molecule has 4 aliphatic rings. The van der Waals surface area contributed by atoms with E-state index in [-0.39, 0.29) is 17.9 Å². The van der Waals surface area contributed by atoms with Crippen molar-refractivity contribution in [1.29, 1.82) is 5.26 Å². The largest absolute Gasteiger partial charge is 0.390 e. The van der Waals surface area contributed by atoms with E-state index in [4.69, 9.17) is 5.26 Å². The highest BCUT2D eigenvalue weighted by Gasteiger charge is 2.63. The minimum Gasteiger partial charge on any atom is -0.390 e. The molecule has 4 aliphatic carbocycles. The molecule has 32 heavy (non-hydrogen) atoms. The lowest BCUT2D eigenvalue weighted by atomic mass is 9.44. The Morgan fingerprint density at radius 2 is 1.97 bits per heavy atom.